The van der Waals surface area contributed by atoms with Crippen LogP contribution in [0, 0.1) is 10.1 Å². The van der Waals surface area contributed by atoms with Crippen molar-refractivity contribution in [3.8, 4) is 0 Å². The molecule has 0 fully saturated rings. The first-order valence-corrected chi connectivity index (χ1v) is 5.93. The Morgan fingerprint density at radius 2 is 2.05 bits per heavy atom. The molecule has 1 aromatic rings. The lowest BCUT2D eigenvalue weighted by molar-refractivity contribution is -0.385. The topological polar surface area (TPSA) is 64.4 Å². The van der Waals surface area contributed by atoms with E-state index in [0.717, 1.165) is 12.1 Å². The Morgan fingerprint density at radius 3 is 2.55 bits per heavy atom. The molecule has 0 saturated carbocycles. The second kappa shape index (κ2) is 6.56. The number of nitrogens with zero attached hydrogens (tertiary/aromatic N) is 1. The van der Waals surface area contributed by atoms with Crippen molar-refractivity contribution in [2.75, 3.05) is 18.5 Å². The number of rotatable bonds is 6. The molecule has 0 saturated heterocycles. The lowest BCUT2D eigenvalue weighted by atomic mass is 10.1. The number of anilines is 1. The summed E-state index contributed by atoms with van der Waals surface area (Å²) in [4.78, 5) is 9.66. The van der Waals surface area contributed by atoms with E-state index in [1.54, 1.807) is 0 Å². The highest BCUT2D eigenvalue weighted by Crippen LogP contribution is 2.36. The van der Waals surface area contributed by atoms with Crippen LogP contribution in [0.1, 0.15) is 19.4 Å². The zero-order valence-electron chi connectivity index (χ0n) is 11.0. The van der Waals surface area contributed by atoms with Crippen molar-refractivity contribution < 1.29 is 22.8 Å². The minimum absolute atomic E-state index is 0.0178. The zero-order chi connectivity index (χ0) is 15.3. The summed E-state index contributed by atoms with van der Waals surface area (Å²) in [5, 5.41) is 13.1. The zero-order valence-corrected chi connectivity index (χ0v) is 11.0. The van der Waals surface area contributed by atoms with Crippen LogP contribution in [0.25, 0.3) is 0 Å². The van der Waals surface area contributed by atoms with Gasteiger partial charge in [-0.05, 0) is 19.9 Å². The number of alkyl halides is 3. The van der Waals surface area contributed by atoms with Crippen molar-refractivity contribution in [2.45, 2.75) is 26.1 Å². The summed E-state index contributed by atoms with van der Waals surface area (Å²) in [5.41, 5.74) is -1.85. The second-order valence-electron chi connectivity index (χ2n) is 4.33. The molecule has 0 aromatic heterocycles. The molecule has 0 aliphatic carbocycles. The quantitative estimate of drug-likeness (QED) is 0.495. The first kappa shape index (κ1) is 16.2. The van der Waals surface area contributed by atoms with Gasteiger partial charge in [0.05, 0.1) is 23.2 Å². The van der Waals surface area contributed by atoms with Crippen molar-refractivity contribution >= 4 is 11.4 Å². The van der Waals surface area contributed by atoms with Gasteiger partial charge in [-0.2, -0.15) is 13.2 Å². The van der Waals surface area contributed by atoms with E-state index in [1.165, 1.54) is 0 Å². The Labute approximate surface area is 113 Å². The third kappa shape index (κ3) is 4.69. The fourth-order valence-corrected chi connectivity index (χ4v) is 1.51. The van der Waals surface area contributed by atoms with Crippen LogP contribution in [0.3, 0.4) is 0 Å². The maximum absolute atomic E-state index is 12.8. The van der Waals surface area contributed by atoms with Gasteiger partial charge in [-0.15, -0.1) is 0 Å². The van der Waals surface area contributed by atoms with Gasteiger partial charge in [0.2, 0.25) is 0 Å². The Morgan fingerprint density at radius 1 is 1.40 bits per heavy atom. The number of benzene rings is 1. The average Bonchev–Trinajstić information content (AvgIpc) is 2.33. The maximum Gasteiger partial charge on any atom is 0.418 e. The molecule has 1 rings (SSSR count). The third-order valence-corrected chi connectivity index (χ3v) is 2.39. The van der Waals surface area contributed by atoms with Gasteiger partial charge in [0, 0.05) is 24.4 Å². The van der Waals surface area contributed by atoms with Crippen LogP contribution in [0.2, 0.25) is 0 Å². The normalized spacial score (nSPS) is 11.7. The minimum atomic E-state index is -4.66. The summed E-state index contributed by atoms with van der Waals surface area (Å²) in [6.07, 6.45) is -4.68. The van der Waals surface area contributed by atoms with E-state index in [0.29, 0.717) is 6.07 Å². The van der Waals surface area contributed by atoms with E-state index >= 15 is 0 Å². The predicted octanol–water partition coefficient (Wildman–Crippen LogP) is 3.45. The van der Waals surface area contributed by atoms with Gasteiger partial charge in [-0.1, -0.05) is 0 Å². The Bertz CT molecular complexity index is 476. The second-order valence-corrected chi connectivity index (χ2v) is 4.33. The van der Waals surface area contributed by atoms with Crippen LogP contribution in [-0.4, -0.2) is 24.2 Å². The highest BCUT2D eigenvalue weighted by molar-refractivity contribution is 5.57. The summed E-state index contributed by atoms with van der Waals surface area (Å²) in [6.45, 7) is 4.05. The molecule has 20 heavy (non-hydrogen) atoms. The molecule has 0 aliphatic heterocycles. The summed E-state index contributed by atoms with van der Waals surface area (Å²) >= 11 is 0. The number of nitro benzene ring substituents is 1. The molecule has 5 nitrogen and oxygen atoms in total. The molecule has 0 aliphatic rings. The molecule has 0 bridgehead atoms. The summed E-state index contributed by atoms with van der Waals surface area (Å²) in [5.74, 6) is 0. The first-order valence-electron chi connectivity index (χ1n) is 5.93. The molecule has 0 unspecified atom stereocenters. The fourth-order valence-electron chi connectivity index (χ4n) is 1.51. The van der Waals surface area contributed by atoms with E-state index in [-0.39, 0.29) is 24.9 Å². The fraction of sp³-hybridized carbons (Fsp3) is 0.500. The van der Waals surface area contributed by atoms with Gasteiger partial charge in [-0.25, -0.2) is 0 Å². The van der Waals surface area contributed by atoms with Gasteiger partial charge >= 0.3 is 6.18 Å². The molecular weight excluding hydrogens is 277 g/mol. The molecule has 0 heterocycles. The highest BCUT2D eigenvalue weighted by Gasteiger charge is 2.35. The minimum Gasteiger partial charge on any atom is -0.382 e. The molecule has 0 amide bonds. The maximum atomic E-state index is 12.8. The summed E-state index contributed by atoms with van der Waals surface area (Å²) in [7, 11) is 0. The molecule has 0 spiro atoms. The average molecular weight is 292 g/mol. The van der Waals surface area contributed by atoms with Crippen molar-refractivity contribution in [3.63, 3.8) is 0 Å². The Kier molecular flexibility index (Phi) is 5.32. The van der Waals surface area contributed by atoms with Gasteiger partial charge in [0.25, 0.3) is 5.69 Å². The van der Waals surface area contributed by atoms with Crippen LogP contribution in [-0.2, 0) is 10.9 Å². The van der Waals surface area contributed by atoms with Crippen LogP contribution >= 0.6 is 0 Å². The molecule has 0 radical (unpaired) electrons. The Balaban J connectivity index is 2.87. The van der Waals surface area contributed by atoms with Gasteiger partial charge in [-0.3, -0.25) is 10.1 Å². The van der Waals surface area contributed by atoms with Crippen LogP contribution in [0.4, 0.5) is 24.5 Å². The van der Waals surface area contributed by atoms with E-state index in [2.05, 4.69) is 5.32 Å². The molecule has 112 valence electrons. The largest absolute Gasteiger partial charge is 0.418 e. The van der Waals surface area contributed by atoms with E-state index in [4.69, 9.17) is 4.74 Å². The molecular formula is C12H15F3N2O3. The van der Waals surface area contributed by atoms with Crippen LogP contribution in [0.5, 0.6) is 0 Å². The van der Waals surface area contributed by atoms with Crippen molar-refractivity contribution in [1.29, 1.82) is 0 Å². The van der Waals surface area contributed by atoms with Crippen LogP contribution in [0.15, 0.2) is 18.2 Å². The van der Waals surface area contributed by atoms with Crippen molar-refractivity contribution in [1.82, 2.24) is 0 Å². The van der Waals surface area contributed by atoms with Gasteiger partial charge in [0.1, 0.15) is 0 Å². The number of ether oxygens (including phenoxy) is 1. The number of non-ortho nitro benzene ring substituents is 1. The monoisotopic (exact) mass is 292 g/mol. The molecule has 1 aromatic carbocycles. The van der Waals surface area contributed by atoms with Crippen molar-refractivity contribution in [2.24, 2.45) is 0 Å². The lowest BCUT2D eigenvalue weighted by Crippen LogP contribution is -2.16. The van der Waals surface area contributed by atoms with E-state index < -0.39 is 22.4 Å². The number of halogens is 3. The SMILES string of the molecule is CC(C)OCCNc1ccc([N+](=O)[O-])cc1C(F)(F)F. The smallest absolute Gasteiger partial charge is 0.382 e. The highest BCUT2D eigenvalue weighted by atomic mass is 19.4. The van der Waals surface area contributed by atoms with Crippen molar-refractivity contribution in [3.05, 3.63) is 33.9 Å². The number of hydrogen-bond acceptors (Lipinski definition) is 4. The Hall–Kier alpha value is -1.83. The van der Waals surface area contributed by atoms with Gasteiger partial charge < -0.3 is 10.1 Å². The lowest BCUT2D eigenvalue weighted by Gasteiger charge is -2.15. The third-order valence-electron chi connectivity index (χ3n) is 2.39. The van der Waals surface area contributed by atoms with E-state index in [9.17, 15) is 23.3 Å². The van der Waals surface area contributed by atoms with Crippen LogP contribution < -0.4 is 5.32 Å². The van der Waals surface area contributed by atoms with Gasteiger partial charge in [0.15, 0.2) is 0 Å². The predicted molar refractivity (Wildman–Crippen MR) is 67.7 cm³/mol. The number of hydrogen-bond donors (Lipinski definition) is 1. The number of nitrogens with one attached hydrogen (secondary N) is 1. The first-order chi connectivity index (χ1) is 9.21. The molecule has 1 N–H and O–H groups in total. The summed E-state index contributed by atoms with van der Waals surface area (Å²) < 4.78 is 43.7. The molecule has 8 heteroatoms. The molecule has 0 atom stereocenters. The standard InChI is InChI=1S/C12H15F3N2O3/c1-8(2)20-6-5-16-11-4-3-9(17(18)19)7-10(11)12(13,14)15/h3-4,7-8,16H,5-6H2,1-2H3. The number of nitro groups is 1. The van der Waals surface area contributed by atoms with E-state index in [1.807, 2.05) is 13.8 Å². The summed E-state index contributed by atoms with van der Waals surface area (Å²) in [6, 6.07) is 2.60.